The van der Waals surface area contributed by atoms with Crippen LogP contribution in [0.15, 0.2) is 46.6 Å². The van der Waals surface area contributed by atoms with E-state index in [9.17, 15) is 4.79 Å². The molecule has 1 saturated heterocycles. The number of hydrogen-bond acceptors (Lipinski definition) is 2. The summed E-state index contributed by atoms with van der Waals surface area (Å²) in [6, 6.07) is 0. The van der Waals surface area contributed by atoms with Gasteiger partial charge in [0.15, 0.2) is 0 Å². The SMILES string of the molecule is CC(C)=CCCC(C=O)CCC/C(C)=C/CC/C=C(\C)CC/C=C(\C)CCC1OC1(C)C. The van der Waals surface area contributed by atoms with Gasteiger partial charge in [-0.3, -0.25) is 0 Å². The summed E-state index contributed by atoms with van der Waals surface area (Å²) < 4.78 is 5.67. The molecule has 182 valence electrons. The van der Waals surface area contributed by atoms with Crippen LogP contribution >= 0.6 is 0 Å². The van der Waals surface area contributed by atoms with E-state index >= 15 is 0 Å². The molecule has 1 aliphatic rings. The highest BCUT2D eigenvalue weighted by atomic mass is 16.6. The largest absolute Gasteiger partial charge is 0.367 e. The third-order valence-electron chi connectivity index (χ3n) is 6.58. The highest BCUT2D eigenvalue weighted by molar-refractivity contribution is 5.53. The van der Waals surface area contributed by atoms with Gasteiger partial charge >= 0.3 is 0 Å². The Morgan fingerprint density at radius 3 is 1.91 bits per heavy atom. The maximum Gasteiger partial charge on any atom is 0.123 e. The van der Waals surface area contributed by atoms with Crippen molar-refractivity contribution >= 4 is 6.29 Å². The molecule has 1 rings (SSSR count). The lowest BCUT2D eigenvalue weighted by atomic mass is 9.96. The van der Waals surface area contributed by atoms with E-state index in [-0.39, 0.29) is 11.5 Å². The van der Waals surface area contributed by atoms with Gasteiger partial charge in [-0.15, -0.1) is 0 Å². The van der Waals surface area contributed by atoms with Crippen molar-refractivity contribution in [3.8, 4) is 0 Å². The van der Waals surface area contributed by atoms with Crippen LogP contribution in [0.1, 0.15) is 119 Å². The molecular weight excluding hydrogens is 392 g/mol. The first-order valence-corrected chi connectivity index (χ1v) is 12.9. The molecule has 0 radical (unpaired) electrons. The molecule has 0 bridgehead atoms. The van der Waals surface area contributed by atoms with Crippen LogP contribution in [0.2, 0.25) is 0 Å². The Balaban J connectivity index is 2.15. The van der Waals surface area contributed by atoms with E-state index in [0.717, 1.165) is 76.9 Å². The predicted octanol–water partition coefficient (Wildman–Crippen LogP) is 9.08. The number of rotatable bonds is 17. The molecule has 0 amide bonds. The van der Waals surface area contributed by atoms with E-state index in [1.807, 2.05) is 0 Å². The number of epoxide rings is 1. The molecule has 1 fully saturated rings. The molecule has 2 atom stereocenters. The molecule has 1 aliphatic heterocycles. The van der Waals surface area contributed by atoms with Crippen LogP contribution in [0, 0.1) is 5.92 Å². The fourth-order valence-corrected chi connectivity index (χ4v) is 4.12. The van der Waals surface area contributed by atoms with Gasteiger partial charge in [0.05, 0.1) is 11.7 Å². The summed E-state index contributed by atoms with van der Waals surface area (Å²) in [6.45, 7) is 15.3. The Morgan fingerprint density at radius 1 is 0.781 bits per heavy atom. The highest BCUT2D eigenvalue weighted by Crippen LogP contribution is 2.38. The van der Waals surface area contributed by atoms with Crippen LogP contribution in [0.25, 0.3) is 0 Å². The Kier molecular flexibility index (Phi) is 13.8. The Morgan fingerprint density at radius 2 is 1.34 bits per heavy atom. The molecule has 0 aromatic carbocycles. The van der Waals surface area contributed by atoms with Gasteiger partial charge in [-0.2, -0.15) is 0 Å². The normalized spacial score (nSPS) is 19.6. The Bertz CT molecular complexity index is 671. The fraction of sp³-hybridized carbons (Fsp3) is 0.700. The molecule has 2 nitrogen and oxygen atoms in total. The number of unbranched alkanes of at least 4 members (excludes halogenated alkanes) is 1. The zero-order valence-electron chi connectivity index (χ0n) is 22.1. The summed E-state index contributed by atoms with van der Waals surface area (Å²) in [4.78, 5) is 11.3. The molecule has 0 aromatic rings. The van der Waals surface area contributed by atoms with E-state index in [0.29, 0.717) is 6.10 Å². The minimum Gasteiger partial charge on any atom is -0.367 e. The molecule has 32 heavy (non-hydrogen) atoms. The zero-order valence-corrected chi connectivity index (χ0v) is 22.1. The van der Waals surface area contributed by atoms with Gasteiger partial charge in [0.25, 0.3) is 0 Å². The van der Waals surface area contributed by atoms with Gasteiger partial charge in [-0.25, -0.2) is 0 Å². The Labute approximate surface area is 199 Å². The van der Waals surface area contributed by atoms with E-state index in [2.05, 4.69) is 72.8 Å². The number of carbonyl (C=O) groups is 1. The monoisotopic (exact) mass is 442 g/mol. The lowest BCUT2D eigenvalue weighted by Crippen LogP contribution is -2.02. The fourth-order valence-electron chi connectivity index (χ4n) is 4.12. The maximum absolute atomic E-state index is 11.3. The van der Waals surface area contributed by atoms with Gasteiger partial charge in [0.2, 0.25) is 0 Å². The van der Waals surface area contributed by atoms with E-state index < -0.39 is 0 Å². The lowest BCUT2D eigenvalue weighted by Gasteiger charge is -2.09. The van der Waals surface area contributed by atoms with Crippen molar-refractivity contribution in [3.63, 3.8) is 0 Å². The summed E-state index contributed by atoms with van der Waals surface area (Å²) in [5, 5.41) is 0. The topological polar surface area (TPSA) is 29.6 Å². The molecule has 0 aliphatic carbocycles. The third-order valence-corrected chi connectivity index (χ3v) is 6.58. The summed E-state index contributed by atoms with van der Waals surface area (Å²) >= 11 is 0. The first-order valence-electron chi connectivity index (χ1n) is 12.9. The van der Waals surface area contributed by atoms with E-state index in [1.165, 1.54) is 22.3 Å². The van der Waals surface area contributed by atoms with Crippen molar-refractivity contribution in [1.82, 2.24) is 0 Å². The van der Waals surface area contributed by atoms with Crippen LogP contribution in [0.4, 0.5) is 0 Å². The van der Waals surface area contributed by atoms with Gasteiger partial charge in [-0.05, 0) is 119 Å². The average Bonchev–Trinajstić information content (AvgIpc) is 3.34. The quantitative estimate of drug-likeness (QED) is 0.0972. The van der Waals surface area contributed by atoms with Crippen molar-refractivity contribution in [2.24, 2.45) is 5.92 Å². The molecular formula is C30H50O2. The standard InChI is InChI=1S/C30H50O2/c1-24(2)13-10-19-28(23-31)20-12-18-26(4)15-9-8-14-25(3)16-11-17-27(5)21-22-29-30(6,7)32-29/h13-15,17,23,28-29H,8-12,16,18-22H2,1-7H3/b25-14+,26-15+,27-17+. The maximum atomic E-state index is 11.3. The van der Waals surface area contributed by atoms with Gasteiger partial charge in [0, 0.05) is 5.92 Å². The molecule has 0 saturated carbocycles. The number of aldehydes is 1. The lowest BCUT2D eigenvalue weighted by molar-refractivity contribution is -0.111. The second-order valence-electron chi connectivity index (χ2n) is 10.7. The van der Waals surface area contributed by atoms with Crippen LogP contribution < -0.4 is 0 Å². The number of hydrogen-bond donors (Lipinski definition) is 0. The summed E-state index contributed by atoms with van der Waals surface area (Å²) in [5.41, 5.74) is 5.92. The van der Waals surface area contributed by atoms with E-state index in [4.69, 9.17) is 4.74 Å². The minimum atomic E-state index is 0.121. The second-order valence-corrected chi connectivity index (χ2v) is 10.7. The smallest absolute Gasteiger partial charge is 0.123 e. The molecule has 2 unspecified atom stereocenters. The molecule has 0 spiro atoms. The molecule has 0 N–H and O–H groups in total. The van der Waals surface area contributed by atoms with Crippen molar-refractivity contribution in [3.05, 3.63) is 46.6 Å². The van der Waals surface area contributed by atoms with Gasteiger partial charge < -0.3 is 9.53 Å². The highest BCUT2D eigenvalue weighted by Gasteiger charge is 2.46. The second kappa shape index (κ2) is 15.4. The number of ether oxygens (including phenoxy) is 1. The predicted molar refractivity (Wildman–Crippen MR) is 140 cm³/mol. The Hall–Kier alpha value is -1.41. The molecule has 2 heteroatoms. The molecule has 1 heterocycles. The number of carbonyl (C=O) groups excluding carboxylic acids is 1. The summed E-state index contributed by atoms with van der Waals surface area (Å²) in [7, 11) is 0. The van der Waals surface area contributed by atoms with Crippen LogP contribution in [-0.4, -0.2) is 18.0 Å². The van der Waals surface area contributed by atoms with Crippen molar-refractivity contribution in [1.29, 1.82) is 0 Å². The molecule has 0 aromatic heterocycles. The minimum absolute atomic E-state index is 0.121. The van der Waals surface area contributed by atoms with Crippen LogP contribution in [0.3, 0.4) is 0 Å². The van der Waals surface area contributed by atoms with Crippen molar-refractivity contribution in [2.75, 3.05) is 0 Å². The van der Waals surface area contributed by atoms with E-state index in [1.54, 1.807) is 0 Å². The van der Waals surface area contributed by atoms with Crippen LogP contribution in [-0.2, 0) is 9.53 Å². The average molecular weight is 443 g/mol. The number of allylic oxidation sites excluding steroid dienone is 8. The first-order chi connectivity index (χ1) is 15.1. The zero-order chi connectivity index (χ0) is 24.0. The van der Waals surface area contributed by atoms with Gasteiger partial charge in [0.1, 0.15) is 6.29 Å². The summed E-state index contributed by atoms with van der Waals surface area (Å²) in [5.74, 6) is 0.218. The van der Waals surface area contributed by atoms with Gasteiger partial charge in [-0.1, -0.05) is 46.6 Å². The third kappa shape index (κ3) is 13.9. The van der Waals surface area contributed by atoms with Crippen molar-refractivity contribution in [2.45, 2.75) is 131 Å². The first kappa shape index (κ1) is 28.6. The summed E-state index contributed by atoms with van der Waals surface area (Å²) in [6.07, 6.45) is 23.2. The van der Waals surface area contributed by atoms with Crippen molar-refractivity contribution < 1.29 is 9.53 Å². The van der Waals surface area contributed by atoms with Crippen LogP contribution in [0.5, 0.6) is 0 Å².